The van der Waals surface area contributed by atoms with Gasteiger partial charge in [0.2, 0.25) is 5.95 Å². The fourth-order valence-electron chi connectivity index (χ4n) is 1.94. The number of hydrogen-bond donors (Lipinski definition) is 1. The van der Waals surface area contributed by atoms with Crippen molar-refractivity contribution in [2.75, 3.05) is 25.6 Å². The molecule has 4 nitrogen and oxygen atoms in total. The van der Waals surface area contributed by atoms with Crippen molar-refractivity contribution in [2.24, 2.45) is 0 Å². The average Bonchev–Trinajstić information content (AvgIpc) is 2.87. The molecular weight excluding hydrogens is 238 g/mol. The Morgan fingerprint density at radius 1 is 1.37 bits per heavy atom. The van der Waals surface area contributed by atoms with Crippen molar-refractivity contribution in [3.8, 4) is 5.69 Å². The molecular formula is C15H21N3O. The molecule has 1 aromatic carbocycles. The Morgan fingerprint density at radius 2 is 2.21 bits per heavy atom. The highest BCUT2D eigenvalue weighted by Crippen LogP contribution is 2.20. The summed E-state index contributed by atoms with van der Waals surface area (Å²) < 4.78 is 7.09. The van der Waals surface area contributed by atoms with Crippen LogP contribution in [0.5, 0.6) is 0 Å². The number of ether oxygens (including phenoxy) is 1. The summed E-state index contributed by atoms with van der Waals surface area (Å²) in [4.78, 5) is 4.34. The first kappa shape index (κ1) is 13.6. The van der Waals surface area contributed by atoms with Crippen LogP contribution in [0.15, 0.2) is 36.7 Å². The minimum Gasteiger partial charge on any atom is -0.383 e. The van der Waals surface area contributed by atoms with Gasteiger partial charge in [-0.3, -0.25) is 4.57 Å². The summed E-state index contributed by atoms with van der Waals surface area (Å²) in [6.45, 7) is 5.81. The number of aromatic nitrogens is 2. The molecule has 0 aliphatic carbocycles. The van der Waals surface area contributed by atoms with E-state index in [0.717, 1.165) is 18.2 Å². The maximum absolute atomic E-state index is 5.04. The molecule has 0 aliphatic rings. The summed E-state index contributed by atoms with van der Waals surface area (Å²) in [7, 11) is 1.69. The molecule has 0 saturated heterocycles. The van der Waals surface area contributed by atoms with Crippen molar-refractivity contribution in [1.29, 1.82) is 0 Å². The predicted octanol–water partition coefficient (Wildman–Crippen LogP) is 3.05. The van der Waals surface area contributed by atoms with Gasteiger partial charge in [-0.15, -0.1) is 0 Å². The third-order valence-electron chi connectivity index (χ3n) is 3.05. The van der Waals surface area contributed by atoms with Gasteiger partial charge in [-0.05, 0) is 23.6 Å². The zero-order valence-electron chi connectivity index (χ0n) is 11.8. The van der Waals surface area contributed by atoms with E-state index >= 15 is 0 Å². The molecule has 2 aromatic rings. The van der Waals surface area contributed by atoms with Crippen molar-refractivity contribution < 1.29 is 4.74 Å². The molecule has 0 amide bonds. The lowest BCUT2D eigenvalue weighted by Gasteiger charge is -2.12. The Hall–Kier alpha value is -1.81. The highest BCUT2D eigenvalue weighted by molar-refractivity contribution is 5.44. The highest BCUT2D eigenvalue weighted by atomic mass is 16.5. The maximum Gasteiger partial charge on any atom is 0.207 e. The summed E-state index contributed by atoms with van der Waals surface area (Å²) in [5.74, 6) is 1.37. The molecule has 1 N–H and O–H groups in total. The third-order valence-corrected chi connectivity index (χ3v) is 3.05. The van der Waals surface area contributed by atoms with E-state index in [1.807, 2.05) is 6.20 Å². The molecule has 1 aromatic heterocycles. The molecule has 0 spiro atoms. The summed E-state index contributed by atoms with van der Waals surface area (Å²) >= 11 is 0. The Kier molecular flexibility index (Phi) is 4.58. The Morgan fingerprint density at radius 3 is 2.95 bits per heavy atom. The van der Waals surface area contributed by atoms with Gasteiger partial charge in [0.1, 0.15) is 0 Å². The van der Waals surface area contributed by atoms with E-state index in [1.165, 1.54) is 5.56 Å². The second-order valence-electron chi connectivity index (χ2n) is 4.79. The number of imidazole rings is 1. The van der Waals surface area contributed by atoms with Crippen LogP contribution in [0.3, 0.4) is 0 Å². The first-order valence-corrected chi connectivity index (χ1v) is 6.59. The van der Waals surface area contributed by atoms with Crippen LogP contribution in [0.25, 0.3) is 5.69 Å². The summed E-state index contributed by atoms with van der Waals surface area (Å²) in [5.41, 5.74) is 2.46. The van der Waals surface area contributed by atoms with Crippen molar-refractivity contribution >= 4 is 5.95 Å². The van der Waals surface area contributed by atoms with Gasteiger partial charge in [0.15, 0.2) is 0 Å². The molecule has 102 valence electrons. The molecule has 4 heteroatoms. The Labute approximate surface area is 114 Å². The van der Waals surface area contributed by atoms with E-state index in [4.69, 9.17) is 4.74 Å². The van der Waals surface area contributed by atoms with E-state index < -0.39 is 0 Å². The fourth-order valence-corrected chi connectivity index (χ4v) is 1.94. The lowest BCUT2D eigenvalue weighted by molar-refractivity contribution is 0.210. The smallest absolute Gasteiger partial charge is 0.207 e. The van der Waals surface area contributed by atoms with E-state index in [0.29, 0.717) is 12.5 Å². The molecule has 1 heterocycles. The molecule has 0 unspecified atom stereocenters. The maximum atomic E-state index is 5.04. The van der Waals surface area contributed by atoms with E-state index in [2.05, 4.69) is 53.0 Å². The lowest BCUT2D eigenvalue weighted by atomic mass is 10.0. The zero-order chi connectivity index (χ0) is 13.7. The summed E-state index contributed by atoms with van der Waals surface area (Å²) in [6.07, 6.45) is 3.77. The first-order valence-electron chi connectivity index (χ1n) is 6.59. The average molecular weight is 259 g/mol. The van der Waals surface area contributed by atoms with Gasteiger partial charge in [0.25, 0.3) is 0 Å². The van der Waals surface area contributed by atoms with Gasteiger partial charge >= 0.3 is 0 Å². The Balaban J connectivity index is 2.21. The molecule has 0 bridgehead atoms. The van der Waals surface area contributed by atoms with E-state index in [9.17, 15) is 0 Å². The first-order chi connectivity index (χ1) is 9.22. The highest BCUT2D eigenvalue weighted by Gasteiger charge is 2.06. The van der Waals surface area contributed by atoms with Crippen LogP contribution < -0.4 is 5.32 Å². The van der Waals surface area contributed by atoms with Crippen LogP contribution in [0.2, 0.25) is 0 Å². The topological polar surface area (TPSA) is 39.1 Å². The standard InChI is InChI=1S/C15H21N3O/c1-12(2)13-5-4-6-14(11-13)18-9-7-16-15(18)17-8-10-19-3/h4-7,9,11-12H,8,10H2,1-3H3,(H,16,17). The normalized spacial score (nSPS) is 10.9. The SMILES string of the molecule is COCCNc1nccn1-c1cccc(C(C)C)c1. The van der Waals surface area contributed by atoms with Gasteiger partial charge in [0, 0.05) is 31.7 Å². The molecule has 0 atom stereocenters. The largest absolute Gasteiger partial charge is 0.383 e. The lowest BCUT2D eigenvalue weighted by Crippen LogP contribution is -2.11. The van der Waals surface area contributed by atoms with Crippen molar-refractivity contribution in [3.63, 3.8) is 0 Å². The van der Waals surface area contributed by atoms with Gasteiger partial charge in [0.05, 0.1) is 6.61 Å². The van der Waals surface area contributed by atoms with Crippen molar-refractivity contribution in [1.82, 2.24) is 9.55 Å². The van der Waals surface area contributed by atoms with E-state index in [1.54, 1.807) is 13.3 Å². The minimum atomic E-state index is 0.522. The summed E-state index contributed by atoms with van der Waals surface area (Å²) in [5, 5.41) is 3.27. The molecule has 19 heavy (non-hydrogen) atoms. The molecule has 0 radical (unpaired) electrons. The number of nitrogens with one attached hydrogen (secondary N) is 1. The van der Waals surface area contributed by atoms with Crippen molar-refractivity contribution in [3.05, 3.63) is 42.2 Å². The molecule has 0 aliphatic heterocycles. The van der Waals surface area contributed by atoms with Gasteiger partial charge in [-0.25, -0.2) is 4.98 Å². The fraction of sp³-hybridized carbons (Fsp3) is 0.400. The van der Waals surface area contributed by atoms with Gasteiger partial charge in [-0.1, -0.05) is 26.0 Å². The van der Waals surface area contributed by atoms with Crippen LogP contribution in [0.1, 0.15) is 25.3 Å². The van der Waals surface area contributed by atoms with Crippen LogP contribution in [0.4, 0.5) is 5.95 Å². The number of methoxy groups -OCH3 is 1. The second-order valence-corrected chi connectivity index (χ2v) is 4.79. The molecule has 2 rings (SSSR count). The van der Waals surface area contributed by atoms with Gasteiger partial charge < -0.3 is 10.1 Å². The van der Waals surface area contributed by atoms with Gasteiger partial charge in [-0.2, -0.15) is 0 Å². The van der Waals surface area contributed by atoms with E-state index in [-0.39, 0.29) is 0 Å². The van der Waals surface area contributed by atoms with Crippen LogP contribution >= 0.6 is 0 Å². The number of hydrogen-bond acceptors (Lipinski definition) is 3. The summed E-state index contributed by atoms with van der Waals surface area (Å²) in [6, 6.07) is 8.54. The van der Waals surface area contributed by atoms with Crippen molar-refractivity contribution in [2.45, 2.75) is 19.8 Å². The quantitative estimate of drug-likeness (QED) is 0.810. The van der Waals surface area contributed by atoms with Crippen LogP contribution in [0, 0.1) is 0 Å². The third kappa shape index (κ3) is 3.35. The minimum absolute atomic E-state index is 0.522. The number of rotatable bonds is 6. The predicted molar refractivity (Wildman–Crippen MR) is 78.0 cm³/mol. The number of benzene rings is 1. The second kappa shape index (κ2) is 6.38. The van der Waals surface area contributed by atoms with Crippen LogP contribution in [-0.2, 0) is 4.74 Å². The monoisotopic (exact) mass is 259 g/mol. The van der Waals surface area contributed by atoms with Crippen LogP contribution in [-0.4, -0.2) is 29.8 Å². The number of anilines is 1. The zero-order valence-corrected chi connectivity index (χ0v) is 11.8. The number of nitrogens with zero attached hydrogens (tertiary/aromatic N) is 2. The molecule has 0 fully saturated rings. The molecule has 0 saturated carbocycles. The Bertz CT molecular complexity index is 520.